The Balaban J connectivity index is 7.58. The van der Waals surface area contributed by atoms with Crippen molar-refractivity contribution in [1.82, 2.24) is 4.98 Å². The summed E-state index contributed by atoms with van der Waals surface area (Å²) in [6.07, 6.45) is -28.5. The first kappa shape index (κ1) is 55.8. The van der Waals surface area contributed by atoms with Gasteiger partial charge in [-0.25, -0.2) is 0 Å². The van der Waals surface area contributed by atoms with Gasteiger partial charge in [-0.05, 0) is 6.42 Å². The van der Waals surface area contributed by atoms with E-state index in [0.29, 0.717) is 6.92 Å². The maximum Gasteiger partial charge on any atom is 0.460 e. The number of hydrogen-bond donors (Lipinski definition) is 1. The molecule has 1 N–H and O–H groups in total. The number of alkyl halides is 34. The van der Waals surface area contributed by atoms with Gasteiger partial charge in [0.15, 0.2) is 0 Å². The van der Waals surface area contributed by atoms with Crippen molar-refractivity contribution in [3.05, 3.63) is 0 Å². The van der Waals surface area contributed by atoms with Gasteiger partial charge in [0.1, 0.15) is 0 Å². The van der Waals surface area contributed by atoms with Crippen molar-refractivity contribution in [1.29, 1.82) is 0 Å². The smallest absolute Gasteiger partial charge is 0.340 e. The van der Waals surface area contributed by atoms with Crippen molar-refractivity contribution in [2.45, 2.75) is 133 Å². The molecule has 0 aromatic rings. The normalized spacial score (nSPS) is 17.0. The van der Waals surface area contributed by atoms with E-state index in [0.717, 1.165) is 4.98 Å². The molecule has 0 bridgehead atoms. The number of rotatable bonds is 19. The van der Waals surface area contributed by atoms with Crippen LogP contribution >= 0.6 is 0 Å². The molecular weight excluding hydrogens is 952 g/mol. The van der Waals surface area contributed by atoms with Crippen molar-refractivity contribution in [3.8, 4) is 0 Å². The first-order valence-electron chi connectivity index (χ1n) is 13.7. The Morgan fingerprint density at radius 2 is 0.466 bits per heavy atom. The van der Waals surface area contributed by atoms with Crippen LogP contribution in [-0.2, 0) is 0 Å². The Labute approximate surface area is 299 Å². The van der Waals surface area contributed by atoms with Gasteiger partial charge in [-0.15, -0.1) is 0 Å². The lowest BCUT2D eigenvalue weighted by atomic mass is 9.77. The minimum absolute atomic E-state index is 0.332. The summed E-state index contributed by atoms with van der Waals surface area (Å²) in [5.41, 5.74) is -4.77. The molecule has 0 saturated heterocycles. The highest BCUT2D eigenvalue weighted by Crippen LogP contribution is 2.67. The first-order chi connectivity index (χ1) is 24.5. The fourth-order valence-corrected chi connectivity index (χ4v) is 5.09. The average Bonchev–Trinajstić information content (AvgIpc) is 2.98. The highest BCUT2D eigenvalue weighted by molar-refractivity contribution is 6.04. The zero-order valence-electron chi connectivity index (χ0n) is 26.7. The zero-order chi connectivity index (χ0) is 48.0. The van der Waals surface area contributed by atoms with Gasteiger partial charge < -0.3 is 4.98 Å². The van der Waals surface area contributed by atoms with E-state index in [4.69, 9.17) is 0 Å². The van der Waals surface area contributed by atoms with E-state index < -0.39 is 137 Å². The molecule has 0 rings (SSSR count). The van der Waals surface area contributed by atoms with E-state index in [1.54, 1.807) is 0 Å². The molecule has 0 aliphatic heterocycles. The molecule has 0 atom stereocenters. The van der Waals surface area contributed by atoms with E-state index in [1.165, 1.54) is 0 Å². The van der Waals surface area contributed by atoms with Gasteiger partial charge >= 0.3 is 95.3 Å². The van der Waals surface area contributed by atoms with E-state index in [9.17, 15) is 149 Å². The lowest BCUT2D eigenvalue weighted by Gasteiger charge is -2.46. The van der Waals surface area contributed by atoms with Gasteiger partial charge in [-0.3, -0.25) is 0 Å². The summed E-state index contributed by atoms with van der Waals surface area (Å²) in [6, 6.07) is 0. The number of hydrogen-bond acceptors (Lipinski definition) is 1. The summed E-state index contributed by atoms with van der Waals surface area (Å²) < 4.78 is 463. The van der Waals surface area contributed by atoms with Crippen LogP contribution in [0.15, 0.2) is 0 Å². The predicted molar refractivity (Wildman–Crippen MR) is 121 cm³/mol. The molecule has 58 heavy (non-hydrogen) atoms. The van der Waals surface area contributed by atoms with E-state index in [2.05, 4.69) is 0 Å². The van der Waals surface area contributed by atoms with Crippen LogP contribution < -0.4 is 4.98 Å². The fraction of sp³-hybridized carbons (Fsp3) is 1.00. The molecule has 0 spiro atoms. The maximum atomic E-state index is 14.7. The molecule has 0 aliphatic carbocycles. The predicted octanol–water partition coefficient (Wildman–Crippen LogP) is 11.2. The Hall–Kier alpha value is -2.20. The lowest BCUT2D eigenvalue weighted by Crippen LogP contribution is -2.75. The van der Waals surface area contributed by atoms with E-state index in [1.807, 2.05) is 0 Å². The Kier molecular flexibility index (Phi) is 13.9. The van der Waals surface area contributed by atoms with Crippen molar-refractivity contribution in [2.24, 2.45) is 0 Å². The second-order valence-electron chi connectivity index (χ2n) is 11.9. The third-order valence-electron chi connectivity index (χ3n) is 7.95. The Morgan fingerprint density at radius 1 is 0.293 bits per heavy atom. The van der Waals surface area contributed by atoms with Crippen LogP contribution in [0.25, 0.3) is 0 Å². The third kappa shape index (κ3) is 7.35. The largest absolute Gasteiger partial charge is 0.460 e. The van der Waals surface area contributed by atoms with Gasteiger partial charge in [0.2, 0.25) is 0 Å². The van der Waals surface area contributed by atoms with E-state index >= 15 is 0 Å². The molecule has 1 nitrogen and oxygen atoms in total. The topological polar surface area (TPSA) is 12.0 Å². The molecule has 0 unspecified atom stereocenters. The molecule has 0 aromatic heterocycles. The average molecular weight is 967 g/mol. The monoisotopic (exact) mass is 967 g/mol. The number of nitrogens with one attached hydrogen (secondary N) is 1. The van der Waals surface area contributed by atoms with E-state index in [-0.39, 0.29) is 0 Å². The molecule has 350 valence electrons. The summed E-state index contributed by atoms with van der Waals surface area (Å²) in [7, 11) is -1.66. The number of halogens is 34. The summed E-state index contributed by atoms with van der Waals surface area (Å²) in [4.78, 5) is 0.798. The van der Waals surface area contributed by atoms with Crippen molar-refractivity contribution < 1.29 is 149 Å². The van der Waals surface area contributed by atoms with Gasteiger partial charge in [-0.1, -0.05) is 13.3 Å². The third-order valence-corrected chi connectivity index (χ3v) is 9.01. The lowest BCUT2D eigenvalue weighted by molar-refractivity contribution is -0.463. The summed E-state index contributed by atoms with van der Waals surface area (Å²) in [6.45, 7) is 0.332. The van der Waals surface area contributed by atoms with Crippen molar-refractivity contribution >= 4 is 10.4 Å². The Bertz CT molecular complexity index is 1330. The summed E-state index contributed by atoms with van der Waals surface area (Å²) >= 11 is 0. The van der Waals surface area contributed by atoms with Gasteiger partial charge in [0.05, 0.1) is 10.4 Å². The fourth-order valence-electron chi connectivity index (χ4n) is 4.48. The molecule has 0 heterocycles. The second-order valence-corrected chi connectivity index (χ2v) is 12.4. The van der Waals surface area contributed by atoms with Crippen LogP contribution in [0, 0.1) is 0 Å². The molecule has 36 heteroatoms. The molecule has 0 amide bonds. The minimum Gasteiger partial charge on any atom is -0.340 e. The van der Waals surface area contributed by atoms with Crippen LogP contribution in [-0.4, -0.2) is 111 Å². The zero-order valence-corrected chi connectivity index (χ0v) is 28.7. The van der Waals surface area contributed by atoms with Gasteiger partial charge in [0.25, 0.3) is 0 Å². The molecule has 0 aliphatic rings. The second kappa shape index (κ2) is 14.4. The maximum absolute atomic E-state index is 14.7. The molecule has 0 radical (unpaired) electrons. The Morgan fingerprint density at radius 3 is 0.621 bits per heavy atom. The van der Waals surface area contributed by atoms with Crippen LogP contribution in [0.2, 0.25) is 0 Å². The van der Waals surface area contributed by atoms with Crippen LogP contribution in [0.5, 0.6) is 0 Å². The summed E-state index contributed by atoms with van der Waals surface area (Å²) in [5.74, 6) is -124. The van der Waals surface area contributed by atoms with Crippen LogP contribution in [0.4, 0.5) is 149 Å². The SMILES string of the molecule is CCCC(CC(F)(F)C(F)(F)C(F)(F)C(F)(F)C(F)(F)C(F)(F)C(F)(F)C(F)(F)F)(CC(F)(F)C(F)(F)C(F)(F)C(F)(F)C(F)(F)C(F)(F)C(F)(F)C(F)(F)F)N[SiH3]. The van der Waals surface area contributed by atoms with Crippen molar-refractivity contribution in [3.63, 3.8) is 0 Å². The highest BCUT2D eigenvalue weighted by atomic mass is 28.2. The summed E-state index contributed by atoms with van der Waals surface area (Å²) in [5, 5.41) is 0. The quantitative estimate of drug-likeness (QED) is 0.100. The standard InChI is InChI=1S/C22H15F34NSi/c1-2-3-6(57-58,4-7(23,24)9(27,28)11(31,32)13(35,36)15(39,40)17(43,44)19(47,48)21(51,52)53)5-8(25,26)10(29,30)12(33,34)14(37,38)16(41,42)18(45,46)20(49,50)22(54,55)56/h57H,2-5H2,1,58H3. The molecule has 0 fully saturated rings. The van der Waals surface area contributed by atoms with Gasteiger partial charge in [-0.2, -0.15) is 149 Å². The van der Waals surface area contributed by atoms with Crippen molar-refractivity contribution in [2.75, 3.05) is 0 Å². The van der Waals surface area contributed by atoms with Gasteiger partial charge in [0, 0.05) is 18.4 Å². The molecule has 0 saturated carbocycles. The molecule has 0 aromatic carbocycles. The first-order valence-corrected chi connectivity index (χ1v) is 14.7. The van der Waals surface area contributed by atoms with Crippen LogP contribution in [0.1, 0.15) is 32.6 Å². The molecular formula is C22H15F34NSi. The minimum atomic E-state index is -9.31. The van der Waals surface area contributed by atoms with Crippen LogP contribution in [0.3, 0.4) is 0 Å². The highest BCUT2D eigenvalue weighted by Gasteiger charge is 2.97.